The van der Waals surface area contributed by atoms with Gasteiger partial charge in [-0.15, -0.1) is 0 Å². The van der Waals surface area contributed by atoms with E-state index in [0.29, 0.717) is 13.2 Å². The van der Waals surface area contributed by atoms with Crippen molar-refractivity contribution in [2.45, 2.75) is 25.1 Å². The Hall–Kier alpha value is -1.05. The molecule has 1 aromatic carbocycles. The van der Waals surface area contributed by atoms with Gasteiger partial charge in [-0.25, -0.2) is 21.9 Å². The normalized spacial score (nSPS) is 21.1. The molecule has 112 valence electrons. The highest BCUT2D eigenvalue weighted by Crippen LogP contribution is 2.19. The van der Waals surface area contributed by atoms with E-state index in [2.05, 4.69) is 4.72 Å². The van der Waals surface area contributed by atoms with Crippen LogP contribution in [0.3, 0.4) is 0 Å². The van der Waals surface area contributed by atoms with E-state index in [0.717, 1.165) is 18.6 Å². The largest absolute Gasteiger partial charge is 0.381 e. The second-order valence-corrected chi connectivity index (χ2v) is 6.74. The molecule has 0 unspecified atom stereocenters. The Morgan fingerprint density at radius 3 is 2.60 bits per heavy atom. The molecule has 0 bridgehead atoms. The summed E-state index contributed by atoms with van der Waals surface area (Å²) in [5.41, 5.74) is -0.435. The van der Waals surface area contributed by atoms with Crippen LogP contribution in [-0.4, -0.2) is 27.7 Å². The second-order valence-electron chi connectivity index (χ2n) is 4.99. The first kappa shape index (κ1) is 15.3. The molecular formula is C13H17F2NO3S. The van der Waals surface area contributed by atoms with Crippen molar-refractivity contribution < 1.29 is 21.9 Å². The molecule has 0 saturated carbocycles. The molecule has 1 aliphatic heterocycles. The minimum Gasteiger partial charge on any atom is -0.381 e. The number of hydrogen-bond donors (Lipinski definition) is 1. The zero-order valence-electron chi connectivity index (χ0n) is 11.1. The molecule has 4 nitrogen and oxygen atoms in total. The van der Waals surface area contributed by atoms with Gasteiger partial charge < -0.3 is 4.74 Å². The fourth-order valence-corrected chi connectivity index (χ4v) is 3.73. The summed E-state index contributed by atoms with van der Waals surface area (Å²) in [4.78, 5) is 0. The minimum atomic E-state index is -3.80. The summed E-state index contributed by atoms with van der Waals surface area (Å²) in [6.45, 7) is 2.84. The predicted octanol–water partition coefficient (Wildman–Crippen LogP) is 1.81. The van der Waals surface area contributed by atoms with Gasteiger partial charge in [-0.3, -0.25) is 0 Å². The van der Waals surface area contributed by atoms with E-state index in [9.17, 15) is 17.2 Å². The van der Waals surface area contributed by atoms with Crippen LogP contribution in [-0.2, 0) is 20.5 Å². The van der Waals surface area contributed by atoms with Crippen molar-refractivity contribution in [3.05, 3.63) is 35.4 Å². The van der Waals surface area contributed by atoms with Gasteiger partial charge in [0.25, 0.3) is 0 Å². The van der Waals surface area contributed by atoms with E-state index in [1.54, 1.807) is 6.92 Å². The van der Waals surface area contributed by atoms with Crippen LogP contribution >= 0.6 is 0 Å². The Morgan fingerprint density at radius 1 is 1.40 bits per heavy atom. The topological polar surface area (TPSA) is 55.4 Å². The molecule has 0 aliphatic carbocycles. The quantitative estimate of drug-likeness (QED) is 0.902. The fraction of sp³-hybridized carbons (Fsp3) is 0.538. The molecule has 1 aromatic rings. The first-order valence-electron chi connectivity index (χ1n) is 6.39. The summed E-state index contributed by atoms with van der Waals surface area (Å²) in [7, 11) is -3.80. The number of halogens is 2. The maximum Gasteiger partial charge on any atom is 0.216 e. The summed E-state index contributed by atoms with van der Waals surface area (Å²) in [5, 5.41) is 0. The number of ether oxygens (including phenoxy) is 1. The smallest absolute Gasteiger partial charge is 0.216 e. The molecule has 1 N–H and O–H groups in total. The molecular weight excluding hydrogens is 288 g/mol. The highest BCUT2D eigenvalue weighted by Gasteiger charge is 2.27. The summed E-state index contributed by atoms with van der Waals surface area (Å²) < 4.78 is 58.6. The average molecular weight is 305 g/mol. The molecule has 0 amide bonds. The summed E-state index contributed by atoms with van der Waals surface area (Å²) >= 11 is 0. The van der Waals surface area contributed by atoms with Crippen molar-refractivity contribution in [1.82, 2.24) is 4.72 Å². The van der Waals surface area contributed by atoms with Crippen LogP contribution in [0.4, 0.5) is 8.78 Å². The van der Waals surface area contributed by atoms with Gasteiger partial charge >= 0.3 is 0 Å². The van der Waals surface area contributed by atoms with E-state index in [1.165, 1.54) is 6.07 Å². The number of hydrogen-bond acceptors (Lipinski definition) is 3. The lowest BCUT2D eigenvalue weighted by Gasteiger charge is -2.19. The average Bonchev–Trinajstić information content (AvgIpc) is 2.87. The summed E-state index contributed by atoms with van der Waals surface area (Å²) in [6, 6.07) is 2.97. The highest BCUT2D eigenvalue weighted by molar-refractivity contribution is 7.88. The van der Waals surface area contributed by atoms with Crippen molar-refractivity contribution in [2.24, 2.45) is 5.92 Å². The van der Waals surface area contributed by atoms with E-state index in [4.69, 9.17) is 4.74 Å². The van der Waals surface area contributed by atoms with Gasteiger partial charge in [0.05, 0.1) is 12.4 Å². The van der Waals surface area contributed by atoms with E-state index >= 15 is 0 Å². The van der Waals surface area contributed by atoms with Crippen LogP contribution in [0.15, 0.2) is 18.2 Å². The van der Waals surface area contributed by atoms with E-state index in [1.807, 2.05) is 0 Å². The molecule has 0 radical (unpaired) electrons. The highest BCUT2D eigenvalue weighted by atomic mass is 32.2. The monoisotopic (exact) mass is 305 g/mol. The molecule has 7 heteroatoms. The standard InChI is InChI=1S/C13H17F2NO3S/c1-9(10-5-6-19-7-10)16-20(17,18)8-11-12(14)3-2-4-13(11)15/h2-4,9-10,16H,5-8H2,1H3/t9-,10+/m0/s1. The predicted molar refractivity (Wildman–Crippen MR) is 70.5 cm³/mol. The third-order valence-electron chi connectivity index (χ3n) is 3.43. The van der Waals surface area contributed by atoms with Crippen molar-refractivity contribution >= 4 is 10.0 Å². The minimum absolute atomic E-state index is 0.0928. The van der Waals surface area contributed by atoms with Gasteiger partial charge in [0.1, 0.15) is 11.6 Å². The van der Waals surface area contributed by atoms with Crippen molar-refractivity contribution in [2.75, 3.05) is 13.2 Å². The first-order valence-corrected chi connectivity index (χ1v) is 8.05. The Balaban J connectivity index is 2.07. The van der Waals surface area contributed by atoms with Gasteiger partial charge in [-0.05, 0) is 25.5 Å². The number of sulfonamides is 1. The molecule has 1 saturated heterocycles. The van der Waals surface area contributed by atoms with Gasteiger partial charge in [0.2, 0.25) is 10.0 Å². The van der Waals surface area contributed by atoms with E-state index in [-0.39, 0.29) is 12.0 Å². The van der Waals surface area contributed by atoms with Crippen LogP contribution in [0.1, 0.15) is 18.9 Å². The van der Waals surface area contributed by atoms with Crippen LogP contribution in [0, 0.1) is 17.6 Å². The molecule has 1 heterocycles. The summed E-state index contributed by atoms with van der Waals surface area (Å²) in [6.07, 6.45) is 0.776. The molecule has 20 heavy (non-hydrogen) atoms. The zero-order valence-corrected chi connectivity index (χ0v) is 11.9. The lowest BCUT2D eigenvalue weighted by Crippen LogP contribution is -2.39. The van der Waals surface area contributed by atoms with Crippen LogP contribution < -0.4 is 4.72 Å². The van der Waals surface area contributed by atoms with Gasteiger partial charge in [0.15, 0.2) is 0 Å². The van der Waals surface area contributed by atoms with E-state index < -0.39 is 33.0 Å². The van der Waals surface area contributed by atoms with Crippen molar-refractivity contribution in [3.63, 3.8) is 0 Å². The molecule has 1 aliphatic rings. The lowest BCUT2D eigenvalue weighted by atomic mass is 10.0. The van der Waals surface area contributed by atoms with Crippen molar-refractivity contribution in [1.29, 1.82) is 0 Å². The third-order valence-corrected chi connectivity index (χ3v) is 4.83. The third kappa shape index (κ3) is 3.74. The van der Waals surface area contributed by atoms with Crippen LogP contribution in [0.2, 0.25) is 0 Å². The molecule has 1 fully saturated rings. The van der Waals surface area contributed by atoms with Crippen molar-refractivity contribution in [3.8, 4) is 0 Å². The Bertz CT molecular complexity index is 551. The molecule has 2 atom stereocenters. The second kappa shape index (κ2) is 6.15. The number of nitrogens with one attached hydrogen (secondary N) is 1. The summed E-state index contributed by atoms with van der Waals surface area (Å²) in [5.74, 6) is -2.32. The number of benzene rings is 1. The first-order chi connectivity index (χ1) is 9.39. The van der Waals surface area contributed by atoms with Crippen LogP contribution in [0.25, 0.3) is 0 Å². The van der Waals surface area contributed by atoms with Crippen LogP contribution in [0.5, 0.6) is 0 Å². The fourth-order valence-electron chi connectivity index (χ4n) is 2.23. The maximum absolute atomic E-state index is 13.5. The Labute approximate surface area is 117 Å². The van der Waals surface area contributed by atoms with Gasteiger partial charge in [0, 0.05) is 24.1 Å². The zero-order chi connectivity index (χ0) is 14.8. The van der Waals surface area contributed by atoms with Gasteiger partial charge in [-0.2, -0.15) is 0 Å². The maximum atomic E-state index is 13.5. The molecule has 0 spiro atoms. The van der Waals surface area contributed by atoms with Gasteiger partial charge in [-0.1, -0.05) is 6.07 Å². The molecule has 2 rings (SSSR count). The Morgan fingerprint density at radius 2 is 2.05 bits per heavy atom. The number of rotatable bonds is 5. The Kier molecular flexibility index (Phi) is 4.72. The lowest BCUT2D eigenvalue weighted by molar-refractivity contribution is 0.180. The SMILES string of the molecule is C[C@H](NS(=O)(=O)Cc1c(F)cccc1F)[C@@H]1CCOC1. The molecule has 0 aromatic heterocycles.